The van der Waals surface area contributed by atoms with Crippen LogP contribution >= 0.6 is 0 Å². The molecule has 136 valence electrons. The fourth-order valence-corrected chi connectivity index (χ4v) is 2.65. The lowest BCUT2D eigenvalue weighted by molar-refractivity contribution is 0.0951. The molecule has 6 heteroatoms. The second-order valence-electron chi connectivity index (χ2n) is 6.55. The summed E-state index contributed by atoms with van der Waals surface area (Å²) >= 11 is 0. The molecule has 0 spiro atoms. The van der Waals surface area contributed by atoms with Gasteiger partial charge in [0.25, 0.3) is 5.91 Å². The van der Waals surface area contributed by atoms with Gasteiger partial charge >= 0.3 is 6.03 Å². The average Bonchev–Trinajstić information content (AvgIpc) is 2.61. The Hall–Kier alpha value is -2.34. The smallest absolute Gasteiger partial charge is 0.315 e. The highest BCUT2D eigenvalue weighted by Crippen LogP contribution is 2.10. The number of nitrogens with zero attached hydrogens (tertiary/aromatic N) is 1. The van der Waals surface area contributed by atoms with Crippen LogP contribution in [0.5, 0.6) is 0 Å². The van der Waals surface area contributed by atoms with E-state index in [9.17, 15) is 9.59 Å². The van der Waals surface area contributed by atoms with Gasteiger partial charge in [0.05, 0.1) is 0 Å². The monoisotopic (exact) mass is 344 g/mol. The standard InChI is InChI=1S/C19H28N4O2/c1-23(2)12-11-20-18(24)16-8-6-7-15(13-16)14-21-19(25)22-17-9-4-3-5-10-17/h4,6-9,13,17H,3,5,10-12,14H2,1-2H3,(H,20,24)(H2,21,22,25)/t17-/m0/s1. The summed E-state index contributed by atoms with van der Waals surface area (Å²) in [5.74, 6) is -0.0968. The first-order valence-electron chi connectivity index (χ1n) is 8.77. The number of nitrogens with one attached hydrogen (secondary N) is 3. The van der Waals surface area contributed by atoms with Gasteiger partial charge < -0.3 is 20.9 Å². The maximum atomic E-state index is 12.1. The van der Waals surface area contributed by atoms with Crippen LogP contribution in [0.3, 0.4) is 0 Å². The highest BCUT2D eigenvalue weighted by molar-refractivity contribution is 5.94. The lowest BCUT2D eigenvalue weighted by Gasteiger charge is -2.18. The molecule has 0 unspecified atom stereocenters. The number of likely N-dealkylation sites (N-methyl/N-ethyl adjacent to an activating group) is 1. The third-order valence-electron chi connectivity index (χ3n) is 4.06. The van der Waals surface area contributed by atoms with Crippen LogP contribution in [0, 0.1) is 0 Å². The molecule has 0 radical (unpaired) electrons. The summed E-state index contributed by atoms with van der Waals surface area (Å²) in [4.78, 5) is 26.1. The van der Waals surface area contributed by atoms with E-state index in [1.165, 1.54) is 0 Å². The van der Waals surface area contributed by atoms with Gasteiger partial charge in [-0.05, 0) is 51.1 Å². The van der Waals surface area contributed by atoms with Gasteiger partial charge in [-0.2, -0.15) is 0 Å². The Kier molecular flexibility index (Phi) is 7.47. The molecule has 1 aliphatic carbocycles. The van der Waals surface area contributed by atoms with Gasteiger partial charge in [0.15, 0.2) is 0 Å². The second-order valence-corrected chi connectivity index (χ2v) is 6.55. The van der Waals surface area contributed by atoms with Crippen LogP contribution < -0.4 is 16.0 Å². The molecule has 1 atom stereocenters. The van der Waals surface area contributed by atoms with Crippen LogP contribution in [-0.4, -0.2) is 50.1 Å². The highest BCUT2D eigenvalue weighted by atomic mass is 16.2. The van der Waals surface area contributed by atoms with Gasteiger partial charge in [0, 0.05) is 31.2 Å². The zero-order chi connectivity index (χ0) is 18.1. The van der Waals surface area contributed by atoms with Crippen molar-refractivity contribution in [2.45, 2.75) is 31.8 Å². The van der Waals surface area contributed by atoms with E-state index in [2.05, 4.69) is 22.0 Å². The van der Waals surface area contributed by atoms with Crippen LogP contribution in [0.2, 0.25) is 0 Å². The quantitative estimate of drug-likeness (QED) is 0.661. The van der Waals surface area contributed by atoms with E-state index < -0.39 is 0 Å². The van der Waals surface area contributed by atoms with Crippen LogP contribution in [0.4, 0.5) is 4.79 Å². The minimum Gasteiger partial charge on any atom is -0.351 e. The predicted molar refractivity (Wildman–Crippen MR) is 99.5 cm³/mol. The summed E-state index contributed by atoms with van der Waals surface area (Å²) < 4.78 is 0. The van der Waals surface area contributed by atoms with Crippen molar-refractivity contribution in [3.05, 3.63) is 47.5 Å². The molecule has 2 rings (SSSR count). The number of benzene rings is 1. The molecule has 25 heavy (non-hydrogen) atoms. The maximum absolute atomic E-state index is 12.1. The Labute approximate surface area is 149 Å². The molecule has 0 saturated heterocycles. The molecule has 3 N–H and O–H groups in total. The Balaban J connectivity index is 1.80. The summed E-state index contributed by atoms with van der Waals surface area (Å²) in [6, 6.07) is 7.25. The third-order valence-corrected chi connectivity index (χ3v) is 4.06. The molecular weight excluding hydrogens is 316 g/mol. The van der Waals surface area contributed by atoms with Crippen molar-refractivity contribution in [3.63, 3.8) is 0 Å². The molecule has 0 fully saturated rings. The van der Waals surface area contributed by atoms with Crippen LogP contribution in [-0.2, 0) is 6.54 Å². The first-order chi connectivity index (χ1) is 12.0. The average molecular weight is 344 g/mol. The van der Waals surface area contributed by atoms with Gasteiger partial charge in [-0.1, -0.05) is 24.3 Å². The fourth-order valence-electron chi connectivity index (χ4n) is 2.65. The number of carbonyl (C=O) groups is 2. The normalized spacial score (nSPS) is 16.5. The van der Waals surface area contributed by atoms with Crippen LogP contribution in [0.15, 0.2) is 36.4 Å². The number of hydrogen-bond acceptors (Lipinski definition) is 3. The largest absolute Gasteiger partial charge is 0.351 e. The van der Waals surface area contributed by atoms with Crippen molar-refractivity contribution in [2.24, 2.45) is 0 Å². The van der Waals surface area contributed by atoms with E-state index in [0.29, 0.717) is 18.7 Å². The Morgan fingerprint density at radius 2 is 2.08 bits per heavy atom. The number of amides is 3. The molecule has 0 saturated carbocycles. The van der Waals surface area contributed by atoms with Gasteiger partial charge in [0.2, 0.25) is 0 Å². The van der Waals surface area contributed by atoms with E-state index in [4.69, 9.17) is 0 Å². The lowest BCUT2D eigenvalue weighted by atomic mass is 10.0. The van der Waals surface area contributed by atoms with Gasteiger partial charge in [0.1, 0.15) is 0 Å². The molecule has 0 bridgehead atoms. The maximum Gasteiger partial charge on any atom is 0.315 e. The van der Waals surface area contributed by atoms with Gasteiger partial charge in [-0.3, -0.25) is 4.79 Å². The summed E-state index contributed by atoms with van der Waals surface area (Å²) in [7, 11) is 3.93. The molecule has 0 heterocycles. The minimum atomic E-state index is -0.183. The molecular formula is C19H28N4O2. The topological polar surface area (TPSA) is 73.5 Å². The number of hydrogen-bond donors (Lipinski definition) is 3. The summed E-state index contributed by atoms with van der Waals surface area (Å²) in [6.45, 7) is 1.79. The Bertz CT molecular complexity index is 613. The van der Waals surface area contributed by atoms with Gasteiger partial charge in [-0.15, -0.1) is 0 Å². The van der Waals surface area contributed by atoms with Crippen molar-refractivity contribution in [3.8, 4) is 0 Å². The molecule has 0 aromatic heterocycles. The van der Waals surface area contributed by atoms with Crippen molar-refractivity contribution >= 4 is 11.9 Å². The van der Waals surface area contributed by atoms with Gasteiger partial charge in [-0.25, -0.2) is 4.79 Å². The third kappa shape index (κ3) is 6.97. The van der Waals surface area contributed by atoms with Crippen LogP contribution in [0.25, 0.3) is 0 Å². The number of carbonyl (C=O) groups excluding carboxylic acids is 2. The minimum absolute atomic E-state index is 0.0968. The summed E-state index contributed by atoms with van der Waals surface area (Å²) in [5.41, 5.74) is 1.50. The lowest BCUT2D eigenvalue weighted by Crippen LogP contribution is -2.41. The predicted octanol–water partition coefficient (Wildman–Crippen LogP) is 1.89. The molecule has 6 nitrogen and oxygen atoms in total. The second kappa shape index (κ2) is 9.84. The molecule has 1 aliphatic rings. The Morgan fingerprint density at radius 3 is 2.80 bits per heavy atom. The number of rotatable bonds is 7. The highest BCUT2D eigenvalue weighted by Gasteiger charge is 2.11. The summed E-state index contributed by atoms with van der Waals surface area (Å²) in [6.07, 6.45) is 7.32. The molecule has 3 amide bonds. The van der Waals surface area contributed by atoms with Crippen molar-refractivity contribution in [1.82, 2.24) is 20.9 Å². The zero-order valence-corrected chi connectivity index (χ0v) is 15.0. The van der Waals surface area contributed by atoms with E-state index in [1.807, 2.05) is 43.3 Å². The van der Waals surface area contributed by atoms with E-state index in [-0.39, 0.29) is 18.0 Å². The van der Waals surface area contributed by atoms with Crippen LogP contribution in [0.1, 0.15) is 35.2 Å². The first-order valence-corrected chi connectivity index (χ1v) is 8.77. The molecule has 1 aromatic rings. The van der Waals surface area contributed by atoms with E-state index >= 15 is 0 Å². The number of allylic oxidation sites excluding steroid dienone is 1. The van der Waals surface area contributed by atoms with Crippen molar-refractivity contribution < 1.29 is 9.59 Å². The fraction of sp³-hybridized carbons (Fsp3) is 0.474. The molecule has 0 aliphatic heterocycles. The van der Waals surface area contributed by atoms with Crippen molar-refractivity contribution in [2.75, 3.05) is 27.2 Å². The first kappa shape index (κ1) is 19.0. The summed E-state index contributed by atoms with van der Waals surface area (Å²) in [5, 5.41) is 8.68. The molecule has 1 aromatic carbocycles. The zero-order valence-electron chi connectivity index (χ0n) is 15.0. The van der Waals surface area contributed by atoms with Crippen molar-refractivity contribution in [1.29, 1.82) is 0 Å². The SMILES string of the molecule is CN(C)CCNC(=O)c1cccc(CNC(=O)N[C@H]2C=CCCC2)c1. The number of urea groups is 1. The van der Waals surface area contributed by atoms with E-state index in [1.54, 1.807) is 6.07 Å². The Morgan fingerprint density at radius 1 is 1.24 bits per heavy atom. The van der Waals surface area contributed by atoms with E-state index in [0.717, 1.165) is 31.4 Å².